The number of rotatable bonds is 13. The number of hydrogen-bond acceptors (Lipinski definition) is 14. The van der Waals surface area contributed by atoms with Gasteiger partial charge in [-0.3, -0.25) is 14.4 Å². The molecule has 4 amide bonds. The minimum absolute atomic E-state index is 0.00841. The number of likely N-dealkylation sites (N-methyl/N-ethyl adjacent to an activating group) is 1. The van der Waals surface area contributed by atoms with Gasteiger partial charge in [0.05, 0.1) is 24.7 Å². The van der Waals surface area contributed by atoms with Gasteiger partial charge in [0.2, 0.25) is 0 Å². The summed E-state index contributed by atoms with van der Waals surface area (Å²) >= 11 is 0. The first kappa shape index (κ1) is 33.8. The molecule has 43 heavy (non-hydrogen) atoms. The zero-order valence-electron chi connectivity index (χ0n) is 24.8. The lowest BCUT2D eigenvalue weighted by molar-refractivity contribution is -0.159. The van der Waals surface area contributed by atoms with Crippen LogP contribution in [0.3, 0.4) is 0 Å². The molecule has 1 aliphatic carbocycles. The fourth-order valence-corrected chi connectivity index (χ4v) is 5.00. The van der Waals surface area contributed by atoms with Crippen molar-refractivity contribution in [3.05, 3.63) is 22.1 Å². The maximum atomic E-state index is 13.0. The number of nitrogens with zero attached hydrogens (tertiary/aromatic N) is 2. The number of aryl methyl sites for hydroxylation is 1. The van der Waals surface area contributed by atoms with E-state index in [2.05, 4.69) is 15.2 Å². The average molecular weight is 637 g/mol. The number of nitrogens with one attached hydrogen (secondary N) is 2. The molecule has 1 unspecified atom stereocenters. The number of carbonyl (C=O) groups is 4. The standard InChI is InChI=1S/C24H36N4O14S/c1-14-15(40-21(33)39-14)12-36-18(30)23(5,6)13-38-43(34,35)42-28-16-8-9-24(16,27(7)20(28)32)17(29)26-37-11-10-25-19(31)41-22(2,3)4/h16H,8-13H2,1-7H3,(H,25,31)(H,26,29)/t16?,24-/m0/s1. The molecule has 2 N–H and O–H groups in total. The Morgan fingerprint density at radius 3 is 2.35 bits per heavy atom. The van der Waals surface area contributed by atoms with E-state index in [1.165, 1.54) is 27.8 Å². The van der Waals surface area contributed by atoms with Crippen molar-refractivity contribution >= 4 is 34.4 Å². The molecule has 18 nitrogen and oxygen atoms in total. The van der Waals surface area contributed by atoms with Crippen molar-refractivity contribution in [2.75, 3.05) is 26.8 Å². The second-order valence-corrected chi connectivity index (χ2v) is 12.7. The lowest BCUT2D eigenvalue weighted by Gasteiger charge is -2.45. The summed E-state index contributed by atoms with van der Waals surface area (Å²) in [5.74, 6) is -2.48. The van der Waals surface area contributed by atoms with E-state index in [1.807, 2.05) is 0 Å². The second-order valence-electron chi connectivity index (χ2n) is 11.5. The van der Waals surface area contributed by atoms with Gasteiger partial charge in [0, 0.05) is 13.6 Å². The molecular weight excluding hydrogens is 600 g/mol. The molecule has 2 heterocycles. The van der Waals surface area contributed by atoms with Crippen LogP contribution >= 0.6 is 0 Å². The van der Waals surface area contributed by atoms with E-state index in [1.54, 1.807) is 20.8 Å². The van der Waals surface area contributed by atoms with Gasteiger partial charge in [-0.1, -0.05) is 0 Å². The van der Waals surface area contributed by atoms with Gasteiger partial charge >= 0.3 is 34.3 Å². The van der Waals surface area contributed by atoms with Crippen LogP contribution in [0.15, 0.2) is 13.6 Å². The maximum Gasteiger partial charge on any atom is 0.519 e. The van der Waals surface area contributed by atoms with Crippen molar-refractivity contribution in [1.29, 1.82) is 0 Å². The molecule has 1 saturated carbocycles. The summed E-state index contributed by atoms with van der Waals surface area (Å²) < 4.78 is 54.6. The monoisotopic (exact) mass is 636 g/mol. The molecule has 1 aliphatic heterocycles. The van der Waals surface area contributed by atoms with Gasteiger partial charge in [-0.15, -0.1) is 4.28 Å². The molecule has 0 radical (unpaired) electrons. The Bertz CT molecular complexity index is 1390. The largest absolute Gasteiger partial charge is 0.519 e. The van der Waals surface area contributed by atoms with Crippen LogP contribution in [-0.4, -0.2) is 86.4 Å². The van der Waals surface area contributed by atoms with Gasteiger partial charge in [-0.05, 0) is 54.4 Å². The minimum Gasteiger partial charge on any atom is -0.457 e. The van der Waals surface area contributed by atoms with Crippen molar-refractivity contribution in [3.8, 4) is 0 Å². The summed E-state index contributed by atoms with van der Waals surface area (Å²) in [6.45, 7) is 7.92. The third-order valence-electron chi connectivity index (χ3n) is 6.60. The van der Waals surface area contributed by atoms with Gasteiger partial charge in [0.15, 0.2) is 18.1 Å². The average Bonchev–Trinajstić information content (AvgIpc) is 3.25. The highest BCUT2D eigenvalue weighted by Gasteiger charge is 2.67. The van der Waals surface area contributed by atoms with Crippen LogP contribution in [0, 0.1) is 12.3 Å². The zero-order chi connectivity index (χ0) is 32.4. The molecular formula is C24H36N4O14S. The molecule has 1 saturated heterocycles. The Morgan fingerprint density at radius 2 is 1.79 bits per heavy atom. The zero-order valence-corrected chi connectivity index (χ0v) is 25.7. The number of carbonyl (C=O) groups excluding carboxylic acids is 4. The third kappa shape index (κ3) is 7.84. The Labute approximate surface area is 247 Å². The minimum atomic E-state index is -4.90. The van der Waals surface area contributed by atoms with Gasteiger partial charge < -0.3 is 28.5 Å². The highest BCUT2D eigenvalue weighted by atomic mass is 32.3. The fraction of sp³-hybridized carbons (Fsp3) is 0.708. The van der Waals surface area contributed by atoms with Gasteiger partial charge in [0.25, 0.3) is 5.91 Å². The van der Waals surface area contributed by atoms with Crippen LogP contribution in [0.2, 0.25) is 0 Å². The van der Waals surface area contributed by atoms with Crippen molar-refractivity contribution in [2.24, 2.45) is 5.41 Å². The molecule has 0 bridgehead atoms. The van der Waals surface area contributed by atoms with E-state index in [-0.39, 0.29) is 37.5 Å². The van der Waals surface area contributed by atoms with Crippen molar-refractivity contribution < 1.29 is 59.2 Å². The molecule has 19 heteroatoms. The summed E-state index contributed by atoms with van der Waals surface area (Å²) in [7, 11) is -3.59. The van der Waals surface area contributed by atoms with Crippen LogP contribution in [0.4, 0.5) is 9.59 Å². The molecule has 2 fully saturated rings. The lowest BCUT2D eigenvalue weighted by atomic mass is 9.71. The Morgan fingerprint density at radius 1 is 1.12 bits per heavy atom. The van der Waals surface area contributed by atoms with Crippen molar-refractivity contribution in [2.45, 2.75) is 78.2 Å². The smallest absolute Gasteiger partial charge is 0.457 e. The molecule has 2 atom stereocenters. The number of esters is 1. The summed E-state index contributed by atoms with van der Waals surface area (Å²) in [5.41, 5.74) is -1.48. The molecule has 1 aromatic heterocycles. The first-order valence-corrected chi connectivity index (χ1v) is 14.4. The van der Waals surface area contributed by atoms with E-state index in [0.29, 0.717) is 5.06 Å². The first-order chi connectivity index (χ1) is 19.8. The molecule has 1 aromatic rings. The summed E-state index contributed by atoms with van der Waals surface area (Å²) in [5, 5.41) is 2.98. The summed E-state index contributed by atoms with van der Waals surface area (Å²) in [6, 6.07) is -1.93. The quantitative estimate of drug-likeness (QED) is 0.172. The normalized spacial score (nSPS) is 20.3. The number of hydrogen-bond donors (Lipinski definition) is 2. The van der Waals surface area contributed by atoms with E-state index < -0.39 is 76.0 Å². The SMILES string of the molecule is Cc1oc(=O)oc1COC(=O)C(C)(C)COS(=O)(=O)ON1C(=O)N(C)[C@@]2(C(=O)NOCCNC(=O)OC(C)(C)C)CCC12. The van der Waals surface area contributed by atoms with Crippen LogP contribution < -0.4 is 16.6 Å². The number of ether oxygens (including phenoxy) is 2. The Hall–Kier alpha value is -3.68. The van der Waals surface area contributed by atoms with Gasteiger partial charge in [-0.2, -0.15) is 13.5 Å². The molecule has 0 aromatic carbocycles. The third-order valence-corrected chi connectivity index (χ3v) is 7.35. The summed E-state index contributed by atoms with van der Waals surface area (Å²) in [4.78, 5) is 67.4. The predicted molar refractivity (Wildman–Crippen MR) is 141 cm³/mol. The Balaban J connectivity index is 1.52. The molecule has 0 spiro atoms. The Kier molecular flexibility index (Phi) is 9.84. The van der Waals surface area contributed by atoms with Crippen LogP contribution in [0.5, 0.6) is 0 Å². The lowest BCUT2D eigenvalue weighted by Crippen LogP contribution is -2.67. The number of alkyl carbamates (subject to hydrolysis) is 1. The number of amides is 4. The number of hydroxylamine groups is 3. The van der Waals surface area contributed by atoms with E-state index in [9.17, 15) is 32.4 Å². The second kappa shape index (κ2) is 12.5. The van der Waals surface area contributed by atoms with Crippen molar-refractivity contribution in [3.63, 3.8) is 0 Å². The fourth-order valence-electron chi connectivity index (χ4n) is 4.16. The van der Waals surface area contributed by atoms with Crippen LogP contribution in [0.1, 0.15) is 59.0 Å². The van der Waals surface area contributed by atoms with E-state index in [0.717, 1.165) is 4.90 Å². The highest BCUT2D eigenvalue weighted by Crippen LogP contribution is 2.47. The van der Waals surface area contributed by atoms with E-state index >= 15 is 0 Å². The van der Waals surface area contributed by atoms with Gasteiger partial charge in [0.1, 0.15) is 11.1 Å². The number of urea groups is 1. The van der Waals surface area contributed by atoms with Crippen molar-refractivity contribution in [1.82, 2.24) is 20.8 Å². The van der Waals surface area contributed by atoms with Gasteiger partial charge in [-0.25, -0.2) is 24.0 Å². The van der Waals surface area contributed by atoms with Crippen LogP contribution in [-0.2, 0) is 49.4 Å². The molecule has 2 aliphatic rings. The summed E-state index contributed by atoms with van der Waals surface area (Å²) in [6.07, 6.45) is -0.265. The maximum absolute atomic E-state index is 13.0. The predicted octanol–water partition coefficient (Wildman–Crippen LogP) is 0.645. The van der Waals surface area contributed by atoms with E-state index in [4.69, 9.17) is 27.2 Å². The van der Waals surface area contributed by atoms with Crippen LogP contribution in [0.25, 0.3) is 0 Å². The molecule has 242 valence electrons. The highest BCUT2D eigenvalue weighted by molar-refractivity contribution is 7.81. The molecule has 3 rings (SSSR count). The topological polar surface area (TPSA) is 222 Å². The number of fused-ring (bicyclic) bond motifs is 1. The first-order valence-electron chi connectivity index (χ1n) is 13.1.